The molecular weight excluding hydrogens is 364 g/mol. The van der Waals surface area contributed by atoms with Crippen molar-refractivity contribution in [2.75, 3.05) is 11.9 Å². The summed E-state index contributed by atoms with van der Waals surface area (Å²) in [5.74, 6) is -1.68. The van der Waals surface area contributed by atoms with Crippen molar-refractivity contribution in [1.29, 1.82) is 0 Å². The molecule has 0 heterocycles. The van der Waals surface area contributed by atoms with E-state index in [-0.39, 0.29) is 12.3 Å². The van der Waals surface area contributed by atoms with Gasteiger partial charge in [-0.3, -0.25) is 9.79 Å². The first-order valence-corrected chi connectivity index (χ1v) is 9.40. The highest BCUT2D eigenvalue weighted by Gasteiger charge is 2.25. The summed E-state index contributed by atoms with van der Waals surface area (Å²) in [4.78, 5) is 29.7. The molecular formula is C24H22N2O3. The van der Waals surface area contributed by atoms with Crippen LogP contribution in [-0.2, 0) is 14.3 Å². The van der Waals surface area contributed by atoms with Crippen LogP contribution in [0.4, 0.5) is 5.69 Å². The first-order chi connectivity index (χ1) is 14.2. The molecule has 0 saturated carbocycles. The highest BCUT2D eigenvalue weighted by molar-refractivity contribution is 6.67. The number of carbonyl (C=O) groups excluding carboxylic acids is 2. The third-order valence-electron chi connectivity index (χ3n) is 4.17. The normalized spacial score (nSPS) is 12.1. The molecule has 0 aliphatic carbocycles. The van der Waals surface area contributed by atoms with Gasteiger partial charge in [0.15, 0.2) is 0 Å². The van der Waals surface area contributed by atoms with Gasteiger partial charge in [-0.1, -0.05) is 78.9 Å². The van der Waals surface area contributed by atoms with Crippen LogP contribution in [0.25, 0.3) is 0 Å². The van der Waals surface area contributed by atoms with Crippen molar-refractivity contribution in [3.8, 4) is 0 Å². The number of nitrogens with one attached hydrogen (secondary N) is 1. The molecule has 0 aliphatic heterocycles. The van der Waals surface area contributed by atoms with Gasteiger partial charge in [0.25, 0.3) is 5.78 Å². The number of anilines is 1. The maximum absolute atomic E-state index is 12.8. The fraction of sp³-hybridized carbons (Fsp3) is 0.125. The van der Waals surface area contributed by atoms with E-state index < -0.39 is 17.9 Å². The van der Waals surface area contributed by atoms with Crippen molar-refractivity contribution in [2.45, 2.75) is 13.1 Å². The molecule has 0 saturated heterocycles. The third kappa shape index (κ3) is 5.39. The second-order valence-electron chi connectivity index (χ2n) is 6.22. The number of ether oxygens (including phenoxy) is 1. The van der Waals surface area contributed by atoms with E-state index in [9.17, 15) is 9.59 Å². The Hall–Kier alpha value is -3.73. The number of rotatable bonds is 8. The molecule has 0 amide bonds. The van der Waals surface area contributed by atoms with Gasteiger partial charge in [-0.05, 0) is 24.6 Å². The van der Waals surface area contributed by atoms with Crippen molar-refractivity contribution in [3.63, 3.8) is 0 Å². The largest absolute Gasteiger partial charge is 0.460 e. The summed E-state index contributed by atoms with van der Waals surface area (Å²) in [5, 5.41) is 3.33. The minimum absolute atomic E-state index is 0.0568. The van der Waals surface area contributed by atoms with Crippen LogP contribution in [0.15, 0.2) is 96.0 Å². The average molecular weight is 386 g/mol. The van der Waals surface area contributed by atoms with E-state index in [0.29, 0.717) is 5.56 Å². The molecule has 5 nitrogen and oxygen atoms in total. The minimum Gasteiger partial charge on any atom is -0.460 e. The lowest BCUT2D eigenvalue weighted by molar-refractivity contribution is -0.150. The van der Waals surface area contributed by atoms with Crippen molar-refractivity contribution in [1.82, 2.24) is 0 Å². The maximum atomic E-state index is 12.8. The Kier molecular flexibility index (Phi) is 6.90. The van der Waals surface area contributed by atoms with Crippen molar-refractivity contribution in [3.05, 3.63) is 102 Å². The quantitative estimate of drug-likeness (QED) is 0.354. The lowest BCUT2D eigenvalue weighted by Gasteiger charge is -2.18. The summed E-state index contributed by atoms with van der Waals surface area (Å²) in [6.07, 6.45) is -0.563. The summed E-state index contributed by atoms with van der Waals surface area (Å²) in [7, 11) is 0. The zero-order valence-electron chi connectivity index (χ0n) is 16.1. The molecule has 3 aromatic rings. The Morgan fingerprint density at radius 1 is 0.862 bits per heavy atom. The predicted octanol–water partition coefficient (Wildman–Crippen LogP) is 4.42. The van der Waals surface area contributed by atoms with E-state index in [2.05, 4.69) is 10.3 Å². The number of para-hydroxylation sites is 1. The Labute approximate surface area is 170 Å². The van der Waals surface area contributed by atoms with Crippen LogP contribution in [0.2, 0.25) is 0 Å². The minimum atomic E-state index is -0.915. The number of nitrogens with zero attached hydrogens (tertiary/aromatic N) is 1. The Morgan fingerprint density at radius 3 is 2.00 bits per heavy atom. The highest BCUT2D eigenvalue weighted by atomic mass is 16.5. The number of hydrogen-bond acceptors (Lipinski definition) is 5. The first-order valence-electron chi connectivity index (χ1n) is 9.40. The van der Waals surface area contributed by atoms with Crippen LogP contribution in [-0.4, -0.2) is 24.1 Å². The van der Waals surface area contributed by atoms with E-state index in [1.54, 1.807) is 31.2 Å². The number of aliphatic imine (C=N–C) groups is 1. The Morgan fingerprint density at radius 2 is 1.41 bits per heavy atom. The monoisotopic (exact) mass is 386 g/mol. The number of carbonyl (C=O) groups is 2. The van der Waals surface area contributed by atoms with Crippen LogP contribution in [0.3, 0.4) is 0 Å². The number of hydrogen-bond donors (Lipinski definition) is 1. The first kappa shape index (κ1) is 20.0. The summed E-state index contributed by atoms with van der Waals surface area (Å²) in [5.41, 5.74) is 2.32. The van der Waals surface area contributed by atoms with Gasteiger partial charge in [-0.2, -0.15) is 0 Å². The molecule has 0 fully saturated rings. The molecule has 29 heavy (non-hydrogen) atoms. The molecule has 3 rings (SSSR count). The maximum Gasteiger partial charge on any atom is 0.381 e. The van der Waals surface area contributed by atoms with Crippen LogP contribution >= 0.6 is 0 Å². The third-order valence-corrected chi connectivity index (χ3v) is 4.17. The summed E-state index contributed by atoms with van der Waals surface area (Å²) >= 11 is 0. The predicted molar refractivity (Wildman–Crippen MR) is 114 cm³/mol. The highest BCUT2D eigenvalue weighted by Crippen LogP contribution is 2.22. The second-order valence-corrected chi connectivity index (χ2v) is 6.22. The number of esters is 1. The fourth-order valence-corrected chi connectivity index (χ4v) is 2.80. The Bertz CT molecular complexity index is 971. The number of Topliss-reactive ketones (excluding diaryl/α,β-unsaturated/α-hetero) is 1. The molecule has 1 unspecified atom stereocenters. The van der Waals surface area contributed by atoms with Crippen LogP contribution in [0.5, 0.6) is 0 Å². The molecule has 146 valence electrons. The molecule has 0 radical (unpaired) electrons. The summed E-state index contributed by atoms with van der Waals surface area (Å²) < 4.78 is 4.92. The fourth-order valence-electron chi connectivity index (χ4n) is 2.80. The lowest BCUT2D eigenvalue weighted by Crippen LogP contribution is -2.28. The molecule has 1 atom stereocenters. The lowest BCUT2D eigenvalue weighted by atomic mass is 10.1. The molecule has 0 aromatic heterocycles. The summed E-state index contributed by atoms with van der Waals surface area (Å²) in [6, 6.07) is 28.1. The SMILES string of the molecule is CCOC(=O)C(=O)/C(=N\C(Nc1ccccc1)c1ccccc1)c1ccccc1. The summed E-state index contributed by atoms with van der Waals surface area (Å²) in [6.45, 7) is 1.78. The van der Waals surface area contributed by atoms with E-state index in [4.69, 9.17) is 4.74 Å². The second kappa shape index (κ2) is 9.99. The molecule has 3 aromatic carbocycles. The zero-order chi connectivity index (χ0) is 20.5. The number of ketones is 1. The molecule has 1 N–H and O–H groups in total. The molecule has 0 aliphatic rings. The van der Waals surface area contributed by atoms with Crippen molar-refractivity contribution < 1.29 is 14.3 Å². The van der Waals surface area contributed by atoms with Crippen LogP contribution < -0.4 is 5.32 Å². The van der Waals surface area contributed by atoms with E-state index in [0.717, 1.165) is 11.3 Å². The van der Waals surface area contributed by atoms with Crippen molar-refractivity contribution >= 4 is 23.2 Å². The standard InChI is InChI=1S/C24H22N2O3/c1-2-29-24(28)22(27)21(18-12-6-3-7-13-18)26-23(19-14-8-4-9-15-19)25-20-16-10-5-11-17-20/h3-17,23,25H,2H2,1H3/b26-21-. The molecule has 0 spiro atoms. The van der Waals surface area contributed by atoms with E-state index in [1.807, 2.05) is 66.7 Å². The molecule has 5 heteroatoms. The topological polar surface area (TPSA) is 67.8 Å². The molecule has 0 bridgehead atoms. The smallest absolute Gasteiger partial charge is 0.381 e. The van der Waals surface area contributed by atoms with Gasteiger partial charge < -0.3 is 10.1 Å². The van der Waals surface area contributed by atoms with E-state index >= 15 is 0 Å². The van der Waals surface area contributed by atoms with Gasteiger partial charge in [-0.15, -0.1) is 0 Å². The van der Waals surface area contributed by atoms with Gasteiger partial charge in [-0.25, -0.2) is 4.79 Å². The van der Waals surface area contributed by atoms with Gasteiger partial charge >= 0.3 is 5.97 Å². The van der Waals surface area contributed by atoms with E-state index in [1.165, 1.54) is 0 Å². The zero-order valence-corrected chi connectivity index (χ0v) is 16.1. The van der Waals surface area contributed by atoms with Crippen LogP contribution in [0.1, 0.15) is 24.2 Å². The van der Waals surface area contributed by atoms with Gasteiger partial charge in [0.1, 0.15) is 11.9 Å². The number of benzene rings is 3. The average Bonchev–Trinajstić information content (AvgIpc) is 2.78. The van der Waals surface area contributed by atoms with Gasteiger partial charge in [0, 0.05) is 11.3 Å². The van der Waals surface area contributed by atoms with Gasteiger partial charge in [0.05, 0.1) is 6.61 Å². The van der Waals surface area contributed by atoms with Gasteiger partial charge in [0.2, 0.25) is 0 Å². The Balaban J connectivity index is 2.06. The van der Waals surface area contributed by atoms with Crippen molar-refractivity contribution in [2.24, 2.45) is 4.99 Å². The van der Waals surface area contributed by atoms with Crippen LogP contribution in [0, 0.1) is 0 Å².